The molecule has 11 heteroatoms. The van der Waals surface area contributed by atoms with Crippen molar-refractivity contribution in [1.29, 1.82) is 5.26 Å². The van der Waals surface area contributed by atoms with E-state index in [1.807, 2.05) is 21.2 Å². The molecule has 27 heavy (non-hydrogen) atoms. The Balaban J connectivity index is 2.28. The van der Waals surface area contributed by atoms with E-state index in [0.29, 0.717) is 5.52 Å². The second kappa shape index (κ2) is 7.63. The van der Waals surface area contributed by atoms with Crippen molar-refractivity contribution in [2.45, 2.75) is 4.90 Å². The third-order valence-electron chi connectivity index (χ3n) is 3.71. The molecule has 3 rings (SSSR count). The van der Waals surface area contributed by atoms with Gasteiger partial charge in [-0.15, -0.1) is 0 Å². The van der Waals surface area contributed by atoms with Gasteiger partial charge in [0.05, 0.1) is 11.1 Å². The van der Waals surface area contributed by atoms with E-state index in [-0.39, 0.29) is 21.6 Å². The highest BCUT2D eigenvalue weighted by molar-refractivity contribution is 14.2. The molecule has 0 spiro atoms. The predicted molar refractivity (Wildman–Crippen MR) is 106 cm³/mol. The molecule has 6 nitrogen and oxygen atoms in total. The Labute approximate surface area is 169 Å². The fourth-order valence-electron chi connectivity index (χ4n) is 2.47. The summed E-state index contributed by atoms with van der Waals surface area (Å²) in [5, 5.41) is 9.18. The number of aromatic nitrogens is 1. The number of ether oxygens (including phenoxy) is 1. The number of fused-ring (bicyclic) bond motifs is 1. The quantitative estimate of drug-likeness (QED) is 0.506. The molecule has 1 N–H and O–H groups in total. The molecule has 140 valence electrons. The number of halogens is 3. The maximum absolute atomic E-state index is 14.8. The summed E-state index contributed by atoms with van der Waals surface area (Å²) in [6.45, 7) is 0. The van der Waals surface area contributed by atoms with Gasteiger partial charge in [-0.3, -0.25) is 3.97 Å². The van der Waals surface area contributed by atoms with Gasteiger partial charge in [-0.25, -0.2) is 21.9 Å². The molecule has 0 saturated carbocycles. The zero-order valence-corrected chi connectivity index (χ0v) is 17.3. The first-order chi connectivity index (χ1) is 12.8. The number of hydrogen-bond donors (Lipinski definition) is 1. The minimum absolute atomic E-state index is 0.0681. The normalized spacial score (nSPS) is 11.5. The minimum Gasteiger partial charge on any atom is -0.453 e. The maximum Gasteiger partial charge on any atom is 0.244 e. The molecule has 0 saturated heterocycles. The van der Waals surface area contributed by atoms with Crippen molar-refractivity contribution in [3.63, 3.8) is 0 Å². The second-order valence-corrected chi connectivity index (χ2v) is 8.76. The van der Waals surface area contributed by atoms with E-state index in [2.05, 4.69) is 4.72 Å². The van der Waals surface area contributed by atoms with Gasteiger partial charge in [-0.1, -0.05) is 0 Å². The summed E-state index contributed by atoms with van der Waals surface area (Å²) in [5.41, 5.74) is 0.0457. The molecule has 0 aliphatic heterocycles. The van der Waals surface area contributed by atoms with Crippen LogP contribution in [-0.2, 0) is 10.0 Å². The maximum atomic E-state index is 14.8. The van der Waals surface area contributed by atoms with Crippen LogP contribution < -0.4 is 9.46 Å². The zero-order valence-electron chi connectivity index (χ0n) is 13.5. The monoisotopic (exact) mass is 521 g/mol. The number of nitrogens with zero attached hydrogens (tertiary/aromatic N) is 2. The number of hydrogen-bond acceptors (Lipinski definition) is 5. The molecule has 1 aromatic heterocycles. The highest BCUT2D eigenvalue weighted by Crippen LogP contribution is 2.39. The van der Waals surface area contributed by atoms with Gasteiger partial charge in [0.25, 0.3) is 0 Å². The first kappa shape index (κ1) is 19.9. The van der Waals surface area contributed by atoms with Crippen LogP contribution in [0.5, 0.6) is 11.5 Å². The van der Waals surface area contributed by atoms with E-state index in [1.54, 1.807) is 16.2 Å². The van der Waals surface area contributed by atoms with E-state index < -0.39 is 27.4 Å². The molecule has 0 atom stereocenters. The molecule has 0 unspecified atom stereocenters. The standard InChI is InChI=1S/C16H10F2IN3O3S2/c1-21-27(23,24)16-11-4-5-22(26-19)14(11)7-13(18)15(16)25-10-2-3-12(17)9(6-10)8-20/h2-7,21H,1H3. The van der Waals surface area contributed by atoms with E-state index in [0.717, 1.165) is 18.2 Å². The van der Waals surface area contributed by atoms with Crippen LogP contribution in [0.1, 0.15) is 5.56 Å². The van der Waals surface area contributed by atoms with E-state index in [1.165, 1.54) is 28.3 Å². The van der Waals surface area contributed by atoms with Gasteiger partial charge in [0, 0.05) is 54.0 Å². The third kappa shape index (κ3) is 3.62. The Morgan fingerprint density at radius 1 is 1.26 bits per heavy atom. The van der Waals surface area contributed by atoms with Crippen LogP contribution in [0, 0.1) is 23.0 Å². The van der Waals surface area contributed by atoms with Crippen molar-refractivity contribution in [3.05, 3.63) is 53.7 Å². The molecule has 0 radical (unpaired) electrons. The molecule has 0 bridgehead atoms. The van der Waals surface area contributed by atoms with Crippen LogP contribution in [0.25, 0.3) is 10.9 Å². The third-order valence-corrected chi connectivity index (χ3v) is 6.93. The lowest BCUT2D eigenvalue weighted by Crippen LogP contribution is -2.20. The van der Waals surface area contributed by atoms with E-state index in [9.17, 15) is 17.2 Å². The Morgan fingerprint density at radius 3 is 2.63 bits per heavy atom. The fraction of sp³-hybridized carbons (Fsp3) is 0.0625. The van der Waals surface area contributed by atoms with Crippen LogP contribution in [0.3, 0.4) is 0 Å². The Hall–Kier alpha value is -1.88. The van der Waals surface area contributed by atoms with Gasteiger partial charge in [-0.05, 0) is 25.2 Å². The van der Waals surface area contributed by atoms with E-state index in [4.69, 9.17) is 10.00 Å². The molecule has 1 heterocycles. The van der Waals surface area contributed by atoms with Crippen LogP contribution in [0.2, 0.25) is 0 Å². The largest absolute Gasteiger partial charge is 0.453 e. The second-order valence-electron chi connectivity index (χ2n) is 5.22. The number of nitrogens with one attached hydrogen (secondary N) is 1. The highest BCUT2D eigenvalue weighted by Gasteiger charge is 2.27. The van der Waals surface area contributed by atoms with E-state index >= 15 is 0 Å². The predicted octanol–water partition coefficient (Wildman–Crippen LogP) is 4.34. The average Bonchev–Trinajstić information content (AvgIpc) is 3.05. The van der Waals surface area contributed by atoms with Gasteiger partial charge in [0.15, 0.2) is 11.6 Å². The Kier molecular flexibility index (Phi) is 5.61. The van der Waals surface area contributed by atoms with Gasteiger partial charge in [-0.2, -0.15) is 5.26 Å². The minimum atomic E-state index is -4.10. The molecule has 0 aliphatic carbocycles. The van der Waals surface area contributed by atoms with Gasteiger partial charge in [0.2, 0.25) is 10.0 Å². The van der Waals surface area contributed by atoms with Crippen molar-refractivity contribution in [3.8, 4) is 17.6 Å². The van der Waals surface area contributed by atoms with Crippen molar-refractivity contribution in [2.75, 3.05) is 7.05 Å². The fourth-order valence-corrected chi connectivity index (χ4v) is 4.88. The topological polar surface area (TPSA) is 84.1 Å². The smallest absolute Gasteiger partial charge is 0.244 e. The Bertz CT molecular complexity index is 1190. The van der Waals surface area contributed by atoms with Crippen LogP contribution in [0.15, 0.2) is 41.4 Å². The molecule has 0 fully saturated rings. The average molecular weight is 521 g/mol. The number of rotatable bonds is 5. The molecule has 0 amide bonds. The zero-order chi connectivity index (χ0) is 19.8. The molecular weight excluding hydrogens is 511 g/mol. The number of benzene rings is 2. The summed E-state index contributed by atoms with van der Waals surface area (Å²) in [5.74, 6) is -2.28. The first-order valence-electron chi connectivity index (χ1n) is 7.26. The highest BCUT2D eigenvalue weighted by atomic mass is 127. The molecule has 3 aromatic rings. The summed E-state index contributed by atoms with van der Waals surface area (Å²) < 4.78 is 62.6. The first-order valence-corrected chi connectivity index (χ1v) is 12.1. The summed E-state index contributed by atoms with van der Waals surface area (Å²) in [6.07, 6.45) is 1.60. The van der Waals surface area contributed by atoms with Gasteiger partial charge >= 0.3 is 0 Å². The lowest BCUT2D eigenvalue weighted by Gasteiger charge is -2.14. The lowest BCUT2D eigenvalue weighted by molar-refractivity contribution is 0.428. The van der Waals surface area contributed by atoms with Crippen molar-refractivity contribution in [2.24, 2.45) is 0 Å². The van der Waals surface area contributed by atoms with Crippen LogP contribution in [0.4, 0.5) is 8.78 Å². The molecule has 0 aliphatic rings. The van der Waals surface area contributed by atoms with Crippen LogP contribution >= 0.6 is 30.3 Å². The lowest BCUT2D eigenvalue weighted by atomic mass is 10.2. The Morgan fingerprint density at radius 2 is 2.00 bits per heavy atom. The molecule has 2 aromatic carbocycles. The summed E-state index contributed by atoms with van der Waals surface area (Å²) in [7, 11) is -1.65. The van der Waals surface area contributed by atoms with Crippen LogP contribution in [-0.4, -0.2) is 19.4 Å². The summed E-state index contributed by atoms with van der Waals surface area (Å²) in [4.78, 5) is -0.382. The van der Waals surface area contributed by atoms with Gasteiger partial charge < -0.3 is 4.74 Å². The molecular formula is C16H10F2IN3O3S2. The summed E-state index contributed by atoms with van der Waals surface area (Å²) in [6, 6.07) is 7.57. The number of sulfonamides is 1. The number of nitriles is 1. The van der Waals surface area contributed by atoms with Crippen molar-refractivity contribution in [1.82, 2.24) is 8.69 Å². The van der Waals surface area contributed by atoms with Crippen molar-refractivity contribution < 1.29 is 21.9 Å². The summed E-state index contributed by atoms with van der Waals surface area (Å²) >= 11 is 1.98. The van der Waals surface area contributed by atoms with Crippen molar-refractivity contribution >= 4 is 51.3 Å². The SMILES string of the molecule is CNS(=O)(=O)c1c(Oc2ccc(F)c(C#N)c2)c(F)cc2c1ccn2SI. The van der Waals surface area contributed by atoms with Gasteiger partial charge in [0.1, 0.15) is 22.5 Å².